The van der Waals surface area contributed by atoms with Gasteiger partial charge in [-0.15, -0.1) is 0 Å². The summed E-state index contributed by atoms with van der Waals surface area (Å²) in [6.45, 7) is 1.94. The summed E-state index contributed by atoms with van der Waals surface area (Å²) in [4.78, 5) is 10.8. The Morgan fingerprint density at radius 2 is 2.40 bits per heavy atom. The Kier molecular flexibility index (Phi) is 1.38. The first-order chi connectivity index (χ1) is 4.86. The lowest BCUT2D eigenvalue weighted by Crippen LogP contribution is -2.37. The molecule has 0 spiro atoms. The van der Waals surface area contributed by atoms with Crippen molar-refractivity contribution >= 4 is 5.91 Å². The van der Waals surface area contributed by atoms with Gasteiger partial charge in [0, 0.05) is 19.5 Å². The minimum atomic E-state index is 0.190. The van der Waals surface area contributed by atoms with E-state index >= 15 is 0 Å². The fourth-order valence-electron chi connectivity index (χ4n) is 1.62. The van der Waals surface area contributed by atoms with Gasteiger partial charge in [-0.05, 0) is 12.3 Å². The van der Waals surface area contributed by atoms with E-state index in [0.29, 0.717) is 12.3 Å². The second-order valence-electron chi connectivity index (χ2n) is 2.94. The van der Waals surface area contributed by atoms with Crippen LogP contribution >= 0.6 is 0 Å². The largest absolute Gasteiger partial charge is 0.347 e. The molecule has 0 aromatic rings. The highest BCUT2D eigenvalue weighted by Gasteiger charge is 2.32. The van der Waals surface area contributed by atoms with Gasteiger partial charge in [0.15, 0.2) is 0 Å². The number of nitrogens with one attached hydrogen (secondary N) is 2. The molecule has 2 fully saturated rings. The number of piperidine rings is 1. The summed E-state index contributed by atoms with van der Waals surface area (Å²) in [5.74, 6) is 0.813. The highest BCUT2D eigenvalue weighted by molar-refractivity contribution is 5.78. The number of hydrogen-bond acceptors (Lipinski definition) is 2. The van der Waals surface area contributed by atoms with E-state index in [2.05, 4.69) is 10.6 Å². The van der Waals surface area contributed by atoms with Crippen LogP contribution in [0.2, 0.25) is 0 Å². The van der Waals surface area contributed by atoms with Gasteiger partial charge >= 0.3 is 0 Å². The molecule has 55 valence electrons. The van der Waals surface area contributed by atoms with E-state index in [1.165, 1.54) is 6.04 Å². The molecule has 0 bridgehead atoms. The second-order valence-corrected chi connectivity index (χ2v) is 2.94. The Bertz CT molecular complexity index is 158. The Morgan fingerprint density at radius 3 is 3.30 bits per heavy atom. The normalized spacial score (nSPS) is 33.6. The first kappa shape index (κ1) is 6.16. The van der Waals surface area contributed by atoms with Crippen LogP contribution < -0.4 is 10.6 Å². The average Bonchev–Trinajstić information content (AvgIpc) is 2.33. The van der Waals surface area contributed by atoms with Gasteiger partial charge in [-0.1, -0.05) is 0 Å². The minimum absolute atomic E-state index is 0.190. The maximum absolute atomic E-state index is 10.8. The molecule has 2 heterocycles. The van der Waals surface area contributed by atoms with Crippen LogP contribution in [0.3, 0.4) is 0 Å². The molecule has 2 aliphatic heterocycles. The Hall–Kier alpha value is -0.570. The van der Waals surface area contributed by atoms with Crippen molar-refractivity contribution in [3.63, 3.8) is 0 Å². The summed E-state index contributed by atoms with van der Waals surface area (Å²) in [5, 5.41) is 6.13. The van der Waals surface area contributed by atoms with Gasteiger partial charge in [0.2, 0.25) is 5.91 Å². The fourth-order valence-corrected chi connectivity index (χ4v) is 1.62. The first-order valence-corrected chi connectivity index (χ1v) is 3.72. The van der Waals surface area contributed by atoms with E-state index in [1.807, 2.05) is 0 Å². The molecule has 1 radical (unpaired) electrons. The topological polar surface area (TPSA) is 41.1 Å². The van der Waals surface area contributed by atoms with Crippen molar-refractivity contribution in [3.05, 3.63) is 6.04 Å². The van der Waals surface area contributed by atoms with Crippen LogP contribution in [0.25, 0.3) is 0 Å². The summed E-state index contributed by atoms with van der Waals surface area (Å²) in [6, 6.07) is 1.20. The molecule has 2 rings (SSSR count). The third-order valence-corrected chi connectivity index (χ3v) is 2.22. The highest BCUT2D eigenvalue weighted by Crippen LogP contribution is 2.24. The number of amides is 1. The van der Waals surface area contributed by atoms with E-state index in [-0.39, 0.29) is 5.91 Å². The van der Waals surface area contributed by atoms with Crippen molar-refractivity contribution < 1.29 is 4.79 Å². The van der Waals surface area contributed by atoms with Crippen molar-refractivity contribution in [2.75, 3.05) is 13.1 Å². The molecule has 3 heteroatoms. The lowest BCUT2D eigenvalue weighted by molar-refractivity contribution is -0.122. The lowest BCUT2D eigenvalue weighted by Gasteiger charge is -2.23. The zero-order valence-electron chi connectivity index (χ0n) is 5.81. The molecule has 1 atom stereocenters. The summed E-state index contributed by atoms with van der Waals surface area (Å²) < 4.78 is 0. The van der Waals surface area contributed by atoms with E-state index in [9.17, 15) is 4.79 Å². The maximum atomic E-state index is 10.8. The van der Waals surface area contributed by atoms with Crippen LogP contribution in [0.4, 0.5) is 0 Å². The lowest BCUT2D eigenvalue weighted by atomic mass is 9.94. The SMILES string of the molecule is O=C1CCC2CNC[C]2N1. The summed E-state index contributed by atoms with van der Waals surface area (Å²) in [7, 11) is 0. The molecule has 2 aliphatic rings. The van der Waals surface area contributed by atoms with Gasteiger partial charge < -0.3 is 10.6 Å². The molecule has 0 aliphatic carbocycles. The smallest absolute Gasteiger partial charge is 0.220 e. The molecule has 1 unspecified atom stereocenters. The number of rotatable bonds is 0. The van der Waals surface area contributed by atoms with E-state index < -0.39 is 0 Å². The minimum Gasteiger partial charge on any atom is -0.347 e. The van der Waals surface area contributed by atoms with Gasteiger partial charge in [-0.2, -0.15) is 0 Å². The Labute approximate surface area is 60.2 Å². The Balaban J connectivity index is 2.03. The Morgan fingerprint density at radius 1 is 1.50 bits per heavy atom. The number of fused-ring (bicyclic) bond motifs is 1. The quantitative estimate of drug-likeness (QED) is 0.481. The van der Waals surface area contributed by atoms with Crippen LogP contribution in [0.15, 0.2) is 0 Å². The predicted molar refractivity (Wildman–Crippen MR) is 37.0 cm³/mol. The average molecular weight is 139 g/mol. The van der Waals surface area contributed by atoms with Gasteiger partial charge in [0.1, 0.15) is 0 Å². The van der Waals surface area contributed by atoms with Crippen molar-refractivity contribution in [1.29, 1.82) is 0 Å². The zero-order chi connectivity index (χ0) is 6.97. The molecule has 0 aromatic carbocycles. The molecule has 1 amide bonds. The summed E-state index contributed by atoms with van der Waals surface area (Å²) in [6.07, 6.45) is 1.74. The van der Waals surface area contributed by atoms with Crippen LogP contribution in [0, 0.1) is 12.0 Å². The third-order valence-electron chi connectivity index (χ3n) is 2.22. The molecule has 2 saturated heterocycles. The van der Waals surface area contributed by atoms with Gasteiger partial charge in [-0.25, -0.2) is 0 Å². The van der Waals surface area contributed by atoms with Crippen molar-refractivity contribution in [3.8, 4) is 0 Å². The summed E-state index contributed by atoms with van der Waals surface area (Å²) in [5.41, 5.74) is 0. The fraction of sp³-hybridized carbons (Fsp3) is 0.714. The molecular weight excluding hydrogens is 128 g/mol. The van der Waals surface area contributed by atoms with Crippen LogP contribution in [-0.2, 0) is 4.79 Å². The second kappa shape index (κ2) is 2.23. The van der Waals surface area contributed by atoms with Gasteiger partial charge in [0.05, 0.1) is 6.04 Å². The standard InChI is InChI=1S/C7H11N2O/c10-7-2-1-5-3-8-4-6(5)9-7/h5,8H,1-4H2,(H,9,10). The van der Waals surface area contributed by atoms with Crippen molar-refractivity contribution in [2.45, 2.75) is 12.8 Å². The molecule has 10 heavy (non-hydrogen) atoms. The number of carbonyl (C=O) groups excluding carboxylic acids is 1. The first-order valence-electron chi connectivity index (χ1n) is 3.72. The third kappa shape index (κ3) is 0.904. The maximum Gasteiger partial charge on any atom is 0.220 e. The van der Waals surface area contributed by atoms with E-state index in [0.717, 1.165) is 19.5 Å². The number of carbonyl (C=O) groups is 1. The zero-order valence-corrected chi connectivity index (χ0v) is 5.81. The molecule has 0 saturated carbocycles. The van der Waals surface area contributed by atoms with Crippen LogP contribution in [-0.4, -0.2) is 19.0 Å². The monoisotopic (exact) mass is 139 g/mol. The van der Waals surface area contributed by atoms with Gasteiger partial charge in [-0.3, -0.25) is 4.79 Å². The summed E-state index contributed by atoms with van der Waals surface area (Å²) >= 11 is 0. The van der Waals surface area contributed by atoms with Crippen molar-refractivity contribution in [2.24, 2.45) is 5.92 Å². The molecular formula is C7H11N2O. The van der Waals surface area contributed by atoms with E-state index in [1.54, 1.807) is 0 Å². The van der Waals surface area contributed by atoms with Gasteiger partial charge in [0.25, 0.3) is 0 Å². The predicted octanol–water partition coefficient (Wildman–Crippen LogP) is -0.352. The number of hydrogen-bond donors (Lipinski definition) is 2. The molecule has 2 N–H and O–H groups in total. The van der Waals surface area contributed by atoms with Crippen LogP contribution in [0.5, 0.6) is 0 Å². The van der Waals surface area contributed by atoms with Crippen LogP contribution in [0.1, 0.15) is 12.8 Å². The van der Waals surface area contributed by atoms with Crippen molar-refractivity contribution in [1.82, 2.24) is 10.6 Å². The molecule has 3 nitrogen and oxygen atoms in total. The highest BCUT2D eigenvalue weighted by atomic mass is 16.1. The van der Waals surface area contributed by atoms with E-state index in [4.69, 9.17) is 0 Å². The molecule has 0 aromatic heterocycles.